The lowest BCUT2D eigenvalue weighted by atomic mass is 10.1. The second-order valence-corrected chi connectivity index (χ2v) is 4.60. The van der Waals surface area contributed by atoms with Crippen molar-refractivity contribution in [2.45, 2.75) is 13.5 Å². The fourth-order valence-corrected chi connectivity index (χ4v) is 1.98. The average molecular weight is 284 g/mol. The van der Waals surface area contributed by atoms with E-state index in [0.717, 1.165) is 11.1 Å². The first-order valence-corrected chi connectivity index (χ1v) is 6.52. The first kappa shape index (κ1) is 14.8. The van der Waals surface area contributed by atoms with E-state index in [1.165, 1.54) is 13.2 Å². The van der Waals surface area contributed by atoms with E-state index in [1.807, 2.05) is 31.2 Å². The molecule has 108 valence electrons. The van der Waals surface area contributed by atoms with Crippen LogP contribution in [-0.2, 0) is 16.1 Å². The van der Waals surface area contributed by atoms with Crippen molar-refractivity contribution >= 4 is 11.9 Å². The number of hydrogen-bond donors (Lipinski definition) is 0. The Hall–Kier alpha value is -2.62. The maximum atomic E-state index is 12.1. The van der Waals surface area contributed by atoms with Gasteiger partial charge in [0.05, 0.1) is 18.2 Å². The van der Waals surface area contributed by atoms with Gasteiger partial charge in [0.25, 0.3) is 0 Å². The van der Waals surface area contributed by atoms with Crippen molar-refractivity contribution in [3.8, 4) is 0 Å². The van der Waals surface area contributed by atoms with Gasteiger partial charge in [-0.1, -0.05) is 42.0 Å². The Balaban J connectivity index is 2.12. The highest BCUT2D eigenvalue weighted by Crippen LogP contribution is 2.13. The molecule has 0 aliphatic carbocycles. The van der Waals surface area contributed by atoms with Gasteiger partial charge in [-0.2, -0.15) is 0 Å². The van der Waals surface area contributed by atoms with Crippen LogP contribution in [0.3, 0.4) is 0 Å². The molecular formula is C17H16O4. The molecule has 21 heavy (non-hydrogen) atoms. The fraction of sp³-hybridized carbons (Fsp3) is 0.176. The molecule has 0 N–H and O–H groups in total. The van der Waals surface area contributed by atoms with E-state index >= 15 is 0 Å². The van der Waals surface area contributed by atoms with Gasteiger partial charge in [-0.15, -0.1) is 0 Å². The summed E-state index contributed by atoms with van der Waals surface area (Å²) in [6, 6.07) is 14.1. The Morgan fingerprint density at radius 3 is 2.24 bits per heavy atom. The summed E-state index contributed by atoms with van der Waals surface area (Å²) in [5.74, 6) is -1.10. The van der Waals surface area contributed by atoms with Crippen LogP contribution >= 0.6 is 0 Å². The molecule has 0 radical (unpaired) electrons. The molecule has 2 aromatic rings. The van der Waals surface area contributed by atoms with Gasteiger partial charge in [0.15, 0.2) is 0 Å². The van der Waals surface area contributed by atoms with Crippen LogP contribution in [0.2, 0.25) is 0 Å². The molecule has 0 bridgehead atoms. The molecular weight excluding hydrogens is 268 g/mol. The molecule has 0 amide bonds. The normalized spacial score (nSPS) is 10.0. The van der Waals surface area contributed by atoms with Gasteiger partial charge in [-0.3, -0.25) is 0 Å². The predicted octanol–water partition coefficient (Wildman–Crippen LogP) is 3.14. The smallest absolute Gasteiger partial charge is 0.339 e. The molecule has 2 rings (SSSR count). The molecule has 0 atom stereocenters. The third-order valence-electron chi connectivity index (χ3n) is 3.00. The quantitative estimate of drug-likeness (QED) is 0.809. The number of esters is 2. The van der Waals surface area contributed by atoms with Crippen LogP contribution in [0, 0.1) is 6.92 Å². The van der Waals surface area contributed by atoms with Crippen LogP contribution < -0.4 is 0 Å². The molecule has 0 unspecified atom stereocenters. The Morgan fingerprint density at radius 2 is 1.62 bits per heavy atom. The lowest BCUT2D eigenvalue weighted by Crippen LogP contribution is -2.12. The van der Waals surface area contributed by atoms with Crippen LogP contribution in [0.25, 0.3) is 0 Å². The van der Waals surface area contributed by atoms with Gasteiger partial charge in [0, 0.05) is 0 Å². The summed E-state index contributed by atoms with van der Waals surface area (Å²) in [7, 11) is 1.27. The first-order valence-electron chi connectivity index (χ1n) is 6.52. The minimum atomic E-state index is -0.557. The zero-order chi connectivity index (χ0) is 15.2. The van der Waals surface area contributed by atoms with Crippen LogP contribution in [-0.4, -0.2) is 19.0 Å². The van der Waals surface area contributed by atoms with Gasteiger partial charge in [-0.25, -0.2) is 9.59 Å². The predicted molar refractivity (Wildman–Crippen MR) is 78.1 cm³/mol. The molecule has 4 heteroatoms. The second-order valence-electron chi connectivity index (χ2n) is 4.60. The van der Waals surface area contributed by atoms with Crippen molar-refractivity contribution in [3.05, 3.63) is 70.8 Å². The number of carbonyl (C=O) groups excluding carboxylic acids is 2. The van der Waals surface area contributed by atoms with Crippen molar-refractivity contribution in [2.24, 2.45) is 0 Å². The van der Waals surface area contributed by atoms with Crippen molar-refractivity contribution in [3.63, 3.8) is 0 Å². The number of rotatable bonds is 4. The highest BCUT2D eigenvalue weighted by molar-refractivity contribution is 6.03. The Morgan fingerprint density at radius 1 is 0.952 bits per heavy atom. The summed E-state index contributed by atoms with van der Waals surface area (Å²) in [5, 5.41) is 0. The second kappa shape index (κ2) is 6.70. The number of carbonyl (C=O) groups is 2. The maximum Gasteiger partial charge on any atom is 0.339 e. The molecule has 0 fully saturated rings. The minimum Gasteiger partial charge on any atom is -0.465 e. The first-order chi connectivity index (χ1) is 10.1. The number of methoxy groups -OCH3 is 1. The average Bonchev–Trinajstić information content (AvgIpc) is 2.52. The Kier molecular flexibility index (Phi) is 4.72. The summed E-state index contributed by atoms with van der Waals surface area (Å²) in [6.07, 6.45) is 0. The minimum absolute atomic E-state index is 0.163. The highest BCUT2D eigenvalue weighted by Gasteiger charge is 2.18. The van der Waals surface area contributed by atoms with E-state index in [4.69, 9.17) is 4.74 Å². The summed E-state index contributed by atoms with van der Waals surface area (Å²) >= 11 is 0. The zero-order valence-corrected chi connectivity index (χ0v) is 12.0. The molecule has 0 aliphatic rings. The fourth-order valence-electron chi connectivity index (χ4n) is 1.98. The highest BCUT2D eigenvalue weighted by atomic mass is 16.5. The Bertz CT molecular complexity index is 661. The molecule has 0 spiro atoms. The van der Waals surface area contributed by atoms with Gasteiger partial charge < -0.3 is 9.47 Å². The molecule has 0 saturated heterocycles. The van der Waals surface area contributed by atoms with Crippen molar-refractivity contribution in [1.82, 2.24) is 0 Å². The SMILES string of the molecule is COC(=O)c1ccccc1C(=O)OCc1cccc(C)c1. The monoisotopic (exact) mass is 284 g/mol. The number of ether oxygens (including phenoxy) is 2. The van der Waals surface area contributed by atoms with Crippen molar-refractivity contribution < 1.29 is 19.1 Å². The summed E-state index contributed by atoms with van der Waals surface area (Å²) < 4.78 is 9.92. The Labute approximate surface area is 123 Å². The number of hydrogen-bond acceptors (Lipinski definition) is 4. The van der Waals surface area contributed by atoms with Gasteiger partial charge in [0.1, 0.15) is 6.61 Å². The van der Waals surface area contributed by atoms with E-state index in [-0.39, 0.29) is 17.7 Å². The van der Waals surface area contributed by atoms with E-state index in [0.29, 0.717) is 0 Å². The molecule has 4 nitrogen and oxygen atoms in total. The van der Waals surface area contributed by atoms with Gasteiger partial charge in [-0.05, 0) is 24.6 Å². The summed E-state index contributed by atoms with van der Waals surface area (Å²) in [6.45, 7) is 2.13. The lowest BCUT2D eigenvalue weighted by Gasteiger charge is -2.08. The molecule has 0 aliphatic heterocycles. The van der Waals surface area contributed by atoms with E-state index < -0.39 is 11.9 Å². The van der Waals surface area contributed by atoms with E-state index in [9.17, 15) is 9.59 Å². The van der Waals surface area contributed by atoms with E-state index in [2.05, 4.69) is 4.74 Å². The molecule has 0 aromatic heterocycles. The summed E-state index contributed by atoms with van der Waals surface area (Å²) in [5.41, 5.74) is 2.41. The summed E-state index contributed by atoms with van der Waals surface area (Å²) in [4.78, 5) is 23.7. The zero-order valence-electron chi connectivity index (χ0n) is 12.0. The third-order valence-corrected chi connectivity index (χ3v) is 3.00. The maximum absolute atomic E-state index is 12.1. The number of aryl methyl sites for hydroxylation is 1. The molecule has 0 heterocycles. The van der Waals surface area contributed by atoms with Gasteiger partial charge in [0.2, 0.25) is 0 Å². The molecule has 2 aromatic carbocycles. The number of benzene rings is 2. The van der Waals surface area contributed by atoms with Crippen LogP contribution in [0.1, 0.15) is 31.8 Å². The van der Waals surface area contributed by atoms with E-state index in [1.54, 1.807) is 18.2 Å². The van der Waals surface area contributed by atoms with Crippen LogP contribution in [0.15, 0.2) is 48.5 Å². The van der Waals surface area contributed by atoms with Crippen LogP contribution in [0.4, 0.5) is 0 Å². The standard InChI is InChI=1S/C17H16O4/c1-12-6-5-7-13(10-12)11-21-17(19)15-9-4-3-8-14(15)16(18)20-2/h3-10H,11H2,1-2H3. The van der Waals surface area contributed by atoms with Crippen molar-refractivity contribution in [1.29, 1.82) is 0 Å². The van der Waals surface area contributed by atoms with Crippen molar-refractivity contribution in [2.75, 3.05) is 7.11 Å². The largest absolute Gasteiger partial charge is 0.465 e. The van der Waals surface area contributed by atoms with Crippen LogP contribution in [0.5, 0.6) is 0 Å². The third kappa shape index (κ3) is 3.69. The van der Waals surface area contributed by atoms with Gasteiger partial charge >= 0.3 is 11.9 Å². The molecule has 0 saturated carbocycles. The lowest BCUT2D eigenvalue weighted by molar-refractivity contribution is 0.0457. The topological polar surface area (TPSA) is 52.6 Å².